The second-order valence-corrected chi connectivity index (χ2v) is 13.1. The van der Waals surface area contributed by atoms with Gasteiger partial charge in [-0.2, -0.15) is 0 Å². The summed E-state index contributed by atoms with van der Waals surface area (Å²) in [5.41, 5.74) is -0.847. The van der Waals surface area contributed by atoms with Gasteiger partial charge in [0.2, 0.25) is 5.88 Å². The standard InChI is InChI=1S/C36H45NO12/c1-16-11-10-12-17(2)35(44)37-25-15-23(39)26-27-32(21(6)30(42)33(26)48-25)49-36(8,34(27)43)46-14-13-24(45-9)18(3)31(47-22(7)38)20(5)29(41)19(4)28(16)40/h10-16,18-20,24,28-29,31,40-42H,1-9H3,(H,37,44)/t16-,18+,19+,20+,24-,28-,29+,31+,36-/m0/s1. The summed E-state index contributed by atoms with van der Waals surface area (Å²) in [4.78, 5) is 52.4. The smallest absolute Gasteiger partial charge is 0.312 e. The van der Waals surface area contributed by atoms with E-state index in [-0.39, 0.29) is 39.3 Å². The zero-order valence-corrected chi connectivity index (χ0v) is 29.1. The first-order valence-corrected chi connectivity index (χ1v) is 16.1. The largest absolute Gasteiger partial charge is 0.504 e. The van der Waals surface area contributed by atoms with Gasteiger partial charge in [-0.05, 0) is 19.9 Å². The number of aliphatic hydroxyl groups excluding tert-OH is 2. The number of carbonyl (C=O) groups excluding carboxylic acids is 3. The quantitative estimate of drug-likeness (QED) is 0.329. The summed E-state index contributed by atoms with van der Waals surface area (Å²) in [5.74, 6) is -7.00. The van der Waals surface area contributed by atoms with E-state index < -0.39 is 82.7 Å². The molecule has 0 radical (unpaired) electrons. The number of aromatic hydroxyl groups is 1. The molecule has 13 nitrogen and oxygen atoms in total. The van der Waals surface area contributed by atoms with Gasteiger partial charge in [-0.15, -0.1) is 0 Å². The Balaban J connectivity index is 1.84. The van der Waals surface area contributed by atoms with Gasteiger partial charge < -0.3 is 38.7 Å². The van der Waals surface area contributed by atoms with Gasteiger partial charge in [-0.25, -0.2) is 0 Å². The molecule has 3 aliphatic heterocycles. The second kappa shape index (κ2) is 14.6. The normalized spacial score (nSPS) is 31.3. The van der Waals surface area contributed by atoms with Crippen LogP contribution in [0.5, 0.6) is 11.5 Å². The number of benzene rings is 1. The van der Waals surface area contributed by atoms with E-state index in [2.05, 4.69) is 5.32 Å². The molecule has 3 aliphatic rings. The van der Waals surface area contributed by atoms with Gasteiger partial charge >= 0.3 is 11.8 Å². The molecule has 1 aromatic carbocycles. The van der Waals surface area contributed by atoms with E-state index in [4.69, 9.17) is 23.4 Å². The molecular weight excluding hydrogens is 638 g/mol. The van der Waals surface area contributed by atoms with Crippen molar-refractivity contribution >= 4 is 34.5 Å². The van der Waals surface area contributed by atoms with Crippen LogP contribution in [-0.4, -0.2) is 70.3 Å². The summed E-state index contributed by atoms with van der Waals surface area (Å²) >= 11 is 0. The number of aliphatic hydroxyl groups is 2. The van der Waals surface area contributed by atoms with Gasteiger partial charge in [-0.1, -0.05) is 45.9 Å². The topological polar surface area (TPSA) is 191 Å². The molecule has 4 heterocycles. The Bertz CT molecular complexity index is 1770. The van der Waals surface area contributed by atoms with Crippen LogP contribution in [0.4, 0.5) is 5.88 Å². The summed E-state index contributed by atoms with van der Waals surface area (Å²) in [5, 5.41) is 35.8. The number of carbonyl (C=O) groups is 3. The summed E-state index contributed by atoms with van der Waals surface area (Å²) in [6, 6.07) is 0.997. The fraction of sp³-hybridized carbons (Fsp3) is 0.500. The molecule has 1 aromatic heterocycles. The molecule has 0 saturated heterocycles. The third-order valence-electron chi connectivity index (χ3n) is 9.47. The number of anilines is 1. The molecule has 0 saturated carbocycles. The van der Waals surface area contributed by atoms with Crippen molar-refractivity contribution < 1.29 is 53.1 Å². The maximum absolute atomic E-state index is 13.8. The highest BCUT2D eigenvalue weighted by Crippen LogP contribution is 2.46. The number of amides is 1. The van der Waals surface area contributed by atoms with Gasteiger partial charge in [0.25, 0.3) is 11.7 Å². The lowest BCUT2D eigenvalue weighted by molar-refractivity contribution is -0.160. The van der Waals surface area contributed by atoms with Crippen molar-refractivity contribution in [3.05, 3.63) is 63.6 Å². The van der Waals surface area contributed by atoms with Crippen LogP contribution in [0.1, 0.15) is 64.4 Å². The van der Waals surface area contributed by atoms with Gasteiger partial charge in [0.15, 0.2) is 16.8 Å². The van der Waals surface area contributed by atoms with Crippen molar-refractivity contribution in [2.75, 3.05) is 12.4 Å². The van der Waals surface area contributed by atoms with Crippen LogP contribution in [0.15, 0.2) is 51.4 Å². The maximum Gasteiger partial charge on any atom is 0.312 e. The summed E-state index contributed by atoms with van der Waals surface area (Å²) in [7, 11) is 1.44. The fourth-order valence-corrected chi connectivity index (χ4v) is 6.34. The number of phenols is 1. The first-order valence-electron chi connectivity index (χ1n) is 16.1. The number of Topliss-reactive ketones (excluding diaryl/α,β-unsaturated/α-hetero) is 1. The first kappa shape index (κ1) is 37.4. The Hall–Kier alpha value is -4.46. The number of allylic oxidation sites excluding steroid dienone is 2. The van der Waals surface area contributed by atoms with Crippen molar-refractivity contribution in [1.29, 1.82) is 0 Å². The van der Waals surface area contributed by atoms with Crippen LogP contribution in [0.3, 0.4) is 0 Å². The van der Waals surface area contributed by atoms with E-state index in [0.29, 0.717) is 0 Å². The molecule has 4 N–H and O–H groups in total. The Morgan fingerprint density at radius 3 is 2.31 bits per heavy atom. The average Bonchev–Trinajstić information content (AvgIpc) is 3.31. The monoisotopic (exact) mass is 683 g/mol. The van der Waals surface area contributed by atoms with E-state index in [0.717, 1.165) is 6.07 Å². The molecule has 9 atom stereocenters. The number of nitrogens with one attached hydrogen (secondary N) is 1. The second-order valence-electron chi connectivity index (χ2n) is 13.1. The predicted molar refractivity (Wildman–Crippen MR) is 179 cm³/mol. The van der Waals surface area contributed by atoms with Crippen molar-refractivity contribution in [3.8, 4) is 11.5 Å². The SMILES string of the molecule is CO[C@H]1C=CO[C@@]2(C)Oc3c(C)c(O)c4oc(cc(=O)c4c3C2=O)NC(=O)C(C)=CC=C[C@H](C)[C@H](O)[C@@H](C)[C@@H](O)[C@@H](C)[C@H](OC(C)=O)[C@@H]1C. The van der Waals surface area contributed by atoms with Gasteiger partial charge in [0.1, 0.15) is 11.9 Å². The maximum atomic E-state index is 13.8. The zero-order chi connectivity index (χ0) is 36.5. The third-order valence-corrected chi connectivity index (χ3v) is 9.47. The van der Waals surface area contributed by atoms with E-state index in [9.17, 15) is 34.5 Å². The van der Waals surface area contributed by atoms with Gasteiger partial charge in [0, 0.05) is 61.8 Å². The van der Waals surface area contributed by atoms with Gasteiger partial charge in [-0.3, -0.25) is 24.5 Å². The number of rotatable bonds is 2. The number of methoxy groups -OCH3 is 1. The minimum absolute atomic E-state index is 0.0639. The Kier molecular flexibility index (Phi) is 11.1. The minimum atomic E-state index is -1.96. The van der Waals surface area contributed by atoms with Gasteiger partial charge in [0.05, 0.1) is 35.5 Å². The van der Waals surface area contributed by atoms with Crippen LogP contribution < -0.4 is 15.5 Å². The fourth-order valence-electron chi connectivity index (χ4n) is 6.34. The zero-order valence-electron chi connectivity index (χ0n) is 29.1. The molecule has 0 fully saturated rings. The number of ether oxygens (including phenoxy) is 4. The Morgan fingerprint density at radius 2 is 1.67 bits per heavy atom. The number of hydrogen-bond acceptors (Lipinski definition) is 12. The number of ketones is 1. The number of fused-ring (bicyclic) bond motifs is 14. The summed E-state index contributed by atoms with van der Waals surface area (Å²) in [6.45, 7) is 12.5. The van der Waals surface area contributed by atoms with Crippen LogP contribution in [0.2, 0.25) is 0 Å². The Labute approximate surface area is 284 Å². The molecule has 49 heavy (non-hydrogen) atoms. The van der Waals surface area contributed by atoms with Crippen LogP contribution in [0, 0.1) is 30.6 Å². The van der Waals surface area contributed by atoms with Crippen molar-refractivity contribution in [3.63, 3.8) is 0 Å². The van der Waals surface area contributed by atoms with E-state index >= 15 is 0 Å². The van der Waals surface area contributed by atoms with E-state index in [1.54, 1.807) is 39.8 Å². The molecular formula is C36H45NO12. The molecule has 0 unspecified atom stereocenters. The highest BCUT2D eigenvalue weighted by molar-refractivity contribution is 6.16. The molecule has 1 amide bonds. The third kappa shape index (κ3) is 7.29. The van der Waals surface area contributed by atoms with Crippen LogP contribution in [0.25, 0.3) is 11.0 Å². The first-order chi connectivity index (χ1) is 22.9. The predicted octanol–water partition coefficient (Wildman–Crippen LogP) is 4.30. The van der Waals surface area contributed by atoms with Crippen molar-refractivity contribution in [2.24, 2.45) is 23.7 Å². The van der Waals surface area contributed by atoms with E-state index in [1.807, 2.05) is 0 Å². The molecule has 266 valence electrons. The minimum Gasteiger partial charge on any atom is -0.504 e. The lowest BCUT2D eigenvalue weighted by atomic mass is 9.78. The van der Waals surface area contributed by atoms with Crippen LogP contribution >= 0.6 is 0 Å². The summed E-state index contributed by atoms with van der Waals surface area (Å²) in [6.07, 6.45) is 3.71. The molecule has 0 spiro atoms. The average molecular weight is 684 g/mol. The number of esters is 1. The molecule has 13 heteroatoms. The van der Waals surface area contributed by atoms with Crippen molar-refractivity contribution in [2.45, 2.75) is 85.6 Å². The highest BCUT2D eigenvalue weighted by Gasteiger charge is 2.49. The molecule has 5 rings (SSSR count). The van der Waals surface area contributed by atoms with Crippen LogP contribution in [-0.2, 0) is 23.8 Å². The molecule has 2 aromatic rings. The molecule has 5 bridgehead atoms. The van der Waals surface area contributed by atoms with E-state index in [1.165, 1.54) is 53.2 Å². The van der Waals surface area contributed by atoms with Crippen molar-refractivity contribution in [1.82, 2.24) is 0 Å². The summed E-state index contributed by atoms with van der Waals surface area (Å²) < 4.78 is 28.9. The lowest BCUT2D eigenvalue weighted by Crippen LogP contribution is -2.46. The Morgan fingerprint density at radius 1 is 1.00 bits per heavy atom. The number of hydrogen-bond donors (Lipinski definition) is 4. The molecule has 0 aliphatic carbocycles. The lowest BCUT2D eigenvalue weighted by Gasteiger charge is -2.38. The number of phenolic OH excluding ortho intramolecular Hbond substituents is 1. The highest BCUT2D eigenvalue weighted by atomic mass is 16.7.